The van der Waals surface area contributed by atoms with Crippen molar-refractivity contribution in [3.63, 3.8) is 0 Å². The average molecular weight is 347 g/mol. The van der Waals surface area contributed by atoms with Gasteiger partial charge in [0.05, 0.1) is 6.54 Å². The Balaban J connectivity index is 2.14. The highest BCUT2D eigenvalue weighted by atomic mass is 79.9. The van der Waals surface area contributed by atoms with Crippen molar-refractivity contribution in [3.05, 3.63) is 33.3 Å². The number of nitrogens with zero attached hydrogens (tertiary/aromatic N) is 1. The molecule has 0 unspecified atom stereocenters. The van der Waals surface area contributed by atoms with E-state index in [1.54, 1.807) is 0 Å². The fourth-order valence-corrected chi connectivity index (χ4v) is 3.23. The minimum absolute atomic E-state index is 0.0769. The molecule has 0 aliphatic heterocycles. The van der Waals surface area contributed by atoms with Gasteiger partial charge in [-0.1, -0.05) is 40.4 Å². The predicted molar refractivity (Wildman–Crippen MR) is 79.5 cm³/mol. The number of carboxylic acid groups (broad SMARTS) is 1. The molecule has 1 saturated carbocycles. The Morgan fingerprint density at radius 2 is 2.11 bits per heavy atom. The zero-order valence-electron chi connectivity index (χ0n) is 10.6. The van der Waals surface area contributed by atoms with Crippen molar-refractivity contribution in [2.45, 2.75) is 38.3 Å². The van der Waals surface area contributed by atoms with E-state index >= 15 is 0 Å². The molecule has 0 bridgehead atoms. The third-order valence-electron chi connectivity index (χ3n) is 3.56. The lowest BCUT2D eigenvalue weighted by Gasteiger charge is -2.27. The molecule has 19 heavy (non-hydrogen) atoms. The first kappa shape index (κ1) is 14.8. The Hall–Kier alpha value is -0.580. The topological polar surface area (TPSA) is 40.5 Å². The summed E-state index contributed by atoms with van der Waals surface area (Å²) in [6.07, 6.45) is 4.54. The molecular formula is C14H17BrClNO2. The van der Waals surface area contributed by atoms with Crippen molar-refractivity contribution in [2.24, 2.45) is 0 Å². The summed E-state index contributed by atoms with van der Waals surface area (Å²) in [4.78, 5) is 13.1. The maximum atomic E-state index is 11.0. The summed E-state index contributed by atoms with van der Waals surface area (Å²) in [5.41, 5.74) is 0.976. The summed E-state index contributed by atoms with van der Waals surface area (Å²) < 4.78 is 0.966. The minimum atomic E-state index is -0.780. The van der Waals surface area contributed by atoms with E-state index in [2.05, 4.69) is 15.9 Å². The second-order valence-corrected chi connectivity index (χ2v) is 6.30. The smallest absolute Gasteiger partial charge is 0.317 e. The molecule has 0 spiro atoms. The summed E-state index contributed by atoms with van der Waals surface area (Å²) >= 11 is 9.62. The van der Waals surface area contributed by atoms with Gasteiger partial charge in [0.1, 0.15) is 0 Å². The van der Waals surface area contributed by atoms with Crippen LogP contribution in [0.15, 0.2) is 22.7 Å². The zero-order chi connectivity index (χ0) is 13.8. The van der Waals surface area contributed by atoms with E-state index in [4.69, 9.17) is 16.7 Å². The molecule has 5 heteroatoms. The number of aliphatic carboxylic acids is 1. The first-order valence-corrected chi connectivity index (χ1v) is 7.63. The molecule has 2 rings (SSSR count). The highest BCUT2D eigenvalue weighted by molar-refractivity contribution is 9.10. The molecule has 0 atom stereocenters. The first-order chi connectivity index (χ1) is 9.06. The predicted octanol–water partition coefficient (Wildman–Crippen LogP) is 3.93. The number of halogens is 2. The fourth-order valence-electron chi connectivity index (χ4n) is 2.64. The Morgan fingerprint density at radius 1 is 1.42 bits per heavy atom. The summed E-state index contributed by atoms with van der Waals surface area (Å²) in [6, 6.07) is 6.06. The van der Waals surface area contributed by atoms with E-state index in [-0.39, 0.29) is 6.54 Å². The number of benzene rings is 1. The highest BCUT2D eigenvalue weighted by Crippen LogP contribution is 2.28. The monoisotopic (exact) mass is 345 g/mol. The van der Waals surface area contributed by atoms with Crippen LogP contribution in [-0.4, -0.2) is 28.6 Å². The Morgan fingerprint density at radius 3 is 2.74 bits per heavy atom. The quantitative estimate of drug-likeness (QED) is 0.878. The Bertz CT molecular complexity index is 461. The summed E-state index contributed by atoms with van der Waals surface area (Å²) in [5, 5.41) is 9.75. The molecule has 0 radical (unpaired) electrons. The lowest BCUT2D eigenvalue weighted by Crippen LogP contribution is -2.37. The van der Waals surface area contributed by atoms with Crippen LogP contribution in [0.25, 0.3) is 0 Å². The summed E-state index contributed by atoms with van der Waals surface area (Å²) in [5.74, 6) is -0.780. The van der Waals surface area contributed by atoms with Crippen molar-refractivity contribution in [1.82, 2.24) is 4.90 Å². The summed E-state index contributed by atoms with van der Waals surface area (Å²) in [7, 11) is 0. The van der Waals surface area contributed by atoms with Gasteiger partial charge in [0, 0.05) is 22.1 Å². The van der Waals surface area contributed by atoms with Gasteiger partial charge in [0.2, 0.25) is 0 Å². The van der Waals surface area contributed by atoms with E-state index in [9.17, 15) is 4.79 Å². The molecule has 0 heterocycles. The van der Waals surface area contributed by atoms with Gasteiger partial charge in [0.15, 0.2) is 0 Å². The third kappa shape index (κ3) is 4.20. The Labute approximate surface area is 126 Å². The van der Waals surface area contributed by atoms with Crippen molar-refractivity contribution >= 4 is 33.5 Å². The molecule has 1 aromatic rings. The number of hydrogen-bond donors (Lipinski definition) is 1. The molecule has 1 aliphatic rings. The van der Waals surface area contributed by atoms with Crippen molar-refractivity contribution in [2.75, 3.05) is 6.54 Å². The van der Waals surface area contributed by atoms with Crippen LogP contribution in [0.2, 0.25) is 5.02 Å². The van der Waals surface area contributed by atoms with Crippen LogP contribution >= 0.6 is 27.5 Å². The molecule has 1 fully saturated rings. The van der Waals surface area contributed by atoms with Crippen LogP contribution in [0.4, 0.5) is 0 Å². The van der Waals surface area contributed by atoms with Gasteiger partial charge >= 0.3 is 5.97 Å². The van der Waals surface area contributed by atoms with Crippen molar-refractivity contribution < 1.29 is 9.90 Å². The maximum absolute atomic E-state index is 11.0. The molecule has 0 aromatic heterocycles. The zero-order valence-corrected chi connectivity index (χ0v) is 13.0. The summed E-state index contributed by atoms with van der Waals surface area (Å²) in [6.45, 7) is 0.669. The van der Waals surface area contributed by atoms with E-state index in [1.165, 1.54) is 12.8 Å². The van der Waals surface area contributed by atoms with Crippen molar-refractivity contribution in [3.8, 4) is 0 Å². The van der Waals surface area contributed by atoms with Crippen molar-refractivity contribution in [1.29, 1.82) is 0 Å². The molecule has 104 valence electrons. The van der Waals surface area contributed by atoms with Gasteiger partial charge in [-0.3, -0.25) is 9.69 Å². The third-order valence-corrected chi connectivity index (χ3v) is 4.42. The average Bonchev–Trinajstić information content (AvgIpc) is 2.86. The van der Waals surface area contributed by atoms with E-state index < -0.39 is 5.97 Å². The van der Waals surface area contributed by atoms with E-state index in [0.29, 0.717) is 17.6 Å². The van der Waals surface area contributed by atoms with Gasteiger partial charge in [-0.15, -0.1) is 0 Å². The van der Waals surface area contributed by atoms with Crippen LogP contribution in [0.5, 0.6) is 0 Å². The van der Waals surface area contributed by atoms with Gasteiger partial charge < -0.3 is 5.11 Å². The second kappa shape index (κ2) is 6.73. The van der Waals surface area contributed by atoms with Crippen LogP contribution < -0.4 is 0 Å². The van der Waals surface area contributed by atoms with Crippen LogP contribution in [0.1, 0.15) is 31.2 Å². The van der Waals surface area contributed by atoms with Crippen LogP contribution in [-0.2, 0) is 11.3 Å². The second-order valence-electron chi connectivity index (χ2n) is 4.97. The van der Waals surface area contributed by atoms with Gasteiger partial charge in [-0.2, -0.15) is 0 Å². The number of carboxylic acids is 1. The van der Waals surface area contributed by atoms with Gasteiger partial charge in [-0.25, -0.2) is 0 Å². The highest BCUT2D eigenvalue weighted by Gasteiger charge is 2.24. The molecular weight excluding hydrogens is 330 g/mol. The molecule has 0 amide bonds. The fraction of sp³-hybridized carbons (Fsp3) is 0.500. The standard InChI is InChI=1S/C14H17BrClNO2/c15-11-5-6-13(16)10(7-11)8-17(9-14(18)19)12-3-1-2-4-12/h5-7,12H,1-4,8-9H2,(H,18,19). The molecule has 3 nitrogen and oxygen atoms in total. The number of carbonyl (C=O) groups is 1. The SMILES string of the molecule is O=C(O)CN(Cc1cc(Br)ccc1Cl)C1CCCC1. The number of hydrogen-bond acceptors (Lipinski definition) is 2. The lowest BCUT2D eigenvalue weighted by atomic mass is 10.1. The van der Waals surface area contributed by atoms with Gasteiger partial charge in [-0.05, 0) is 36.6 Å². The lowest BCUT2D eigenvalue weighted by molar-refractivity contribution is -0.139. The maximum Gasteiger partial charge on any atom is 0.317 e. The van der Waals surface area contributed by atoms with Gasteiger partial charge in [0.25, 0.3) is 0 Å². The minimum Gasteiger partial charge on any atom is -0.480 e. The van der Waals surface area contributed by atoms with Crippen LogP contribution in [0, 0.1) is 0 Å². The Kier molecular flexibility index (Phi) is 5.25. The molecule has 1 aliphatic carbocycles. The first-order valence-electron chi connectivity index (χ1n) is 6.46. The number of rotatable bonds is 5. The molecule has 1 aromatic carbocycles. The van der Waals surface area contributed by atoms with Crippen LogP contribution in [0.3, 0.4) is 0 Å². The molecule has 1 N–H and O–H groups in total. The molecule has 0 saturated heterocycles. The largest absolute Gasteiger partial charge is 0.480 e. The van der Waals surface area contributed by atoms with E-state index in [0.717, 1.165) is 22.9 Å². The normalized spacial score (nSPS) is 16.2. The van der Waals surface area contributed by atoms with E-state index in [1.807, 2.05) is 23.1 Å².